The van der Waals surface area contributed by atoms with Crippen LogP contribution in [0.15, 0.2) is 0 Å². The van der Waals surface area contributed by atoms with Crippen molar-refractivity contribution in [1.29, 1.82) is 0 Å². The summed E-state index contributed by atoms with van der Waals surface area (Å²) < 4.78 is 33.0. The van der Waals surface area contributed by atoms with Crippen LogP contribution in [0.2, 0.25) is 0 Å². The Labute approximate surface area is 140 Å². The Morgan fingerprint density at radius 1 is 0.842 bits per heavy atom. The van der Waals surface area contributed by atoms with Crippen molar-refractivity contribution in [2.45, 2.75) is 71.1 Å². The van der Waals surface area contributed by atoms with Gasteiger partial charge in [0, 0.05) is 0 Å². The summed E-state index contributed by atoms with van der Waals surface area (Å²) in [5.41, 5.74) is 0. The van der Waals surface area contributed by atoms with Crippen LogP contribution in [-0.2, 0) is 14.6 Å². The van der Waals surface area contributed by atoms with Crippen molar-refractivity contribution >= 4 is 10.4 Å². The van der Waals surface area contributed by atoms with Crippen LogP contribution in [0.25, 0.3) is 6.15 Å². The topological polar surface area (TPSA) is 97.1 Å². The van der Waals surface area contributed by atoms with E-state index < -0.39 is 10.4 Å². The van der Waals surface area contributed by atoms with Gasteiger partial charge >= 0.3 is 40.0 Å². The summed E-state index contributed by atoms with van der Waals surface area (Å²) in [4.78, 5) is 0. The molecule has 0 aromatic heterocycles. The second kappa shape index (κ2) is 16.9. The van der Waals surface area contributed by atoms with E-state index in [9.17, 15) is 8.42 Å². The first-order valence-corrected chi connectivity index (χ1v) is 8.04. The minimum atomic E-state index is -4.23. The zero-order valence-electron chi connectivity index (χ0n) is 12.4. The molecule has 0 aliphatic heterocycles. The molecule has 0 aliphatic rings. The molecule has 0 unspecified atom stereocenters. The number of hydrogen-bond donors (Lipinski definition) is 1. The normalized spacial score (nSPS) is 10.6. The molecule has 0 radical (unpaired) electrons. The Hall–Kier alpha value is 0.830. The Morgan fingerprint density at radius 3 is 1.58 bits per heavy atom. The average molecular weight is 305 g/mol. The van der Waals surface area contributed by atoms with Crippen molar-refractivity contribution in [3.8, 4) is 0 Å². The van der Waals surface area contributed by atoms with Gasteiger partial charge in [-0.1, -0.05) is 64.7 Å². The van der Waals surface area contributed by atoms with Gasteiger partial charge in [0.05, 0.1) is 6.61 Å². The monoisotopic (exact) mass is 305 g/mol. The van der Waals surface area contributed by atoms with Crippen molar-refractivity contribution in [3.05, 3.63) is 6.15 Å². The van der Waals surface area contributed by atoms with Crippen molar-refractivity contribution in [2.24, 2.45) is 0 Å². The standard InChI is InChI=1S/C12H26O4S.H2N.Na/c1-2-3-4-5-6-7-8-9-10-11-12-16-17(13,14)15;;/h2-12H2,1H3,(H,13,14,15);1H2;/q;-1;+1. The van der Waals surface area contributed by atoms with Crippen LogP contribution in [0.5, 0.6) is 0 Å². The van der Waals surface area contributed by atoms with Crippen LogP contribution in [0.3, 0.4) is 0 Å². The SMILES string of the molecule is CCCCCCCCCCCCOS(=O)(=O)O.[NH2-].[Na+]. The van der Waals surface area contributed by atoms with Gasteiger partial charge in [0.2, 0.25) is 0 Å². The van der Waals surface area contributed by atoms with E-state index in [0.717, 1.165) is 12.8 Å². The third-order valence-corrected chi connectivity index (χ3v) is 3.19. The molecule has 0 bridgehead atoms. The second-order valence-electron chi connectivity index (χ2n) is 4.43. The molecule has 0 saturated heterocycles. The quantitative estimate of drug-likeness (QED) is 0.335. The van der Waals surface area contributed by atoms with E-state index in [1.807, 2.05) is 0 Å². The molecule has 19 heavy (non-hydrogen) atoms. The smallest absolute Gasteiger partial charge is 0.693 e. The van der Waals surface area contributed by atoms with Gasteiger partial charge in [-0.25, -0.2) is 4.18 Å². The van der Waals surface area contributed by atoms with Gasteiger partial charge in [-0.15, -0.1) is 0 Å². The molecule has 5 nitrogen and oxygen atoms in total. The van der Waals surface area contributed by atoms with Gasteiger partial charge in [0.15, 0.2) is 0 Å². The van der Waals surface area contributed by atoms with Gasteiger partial charge in [-0.05, 0) is 6.42 Å². The number of nitrogens with two attached hydrogens (primary N) is 1. The first kappa shape index (κ1) is 24.8. The maximum absolute atomic E-state index is 10.2. The molecule has 0 saturated carbocycles. The Bertz CT molecular complexity index is 260. The van der Waals surface area contributed by atoms with E-state index in [-0.39, 0.29) is 42.3 Å². The second-order valence-corrected chi connectivity index (χ2v) is 5.52. The summed E-state index contributed by atoms with van der Waals surface area (Å²) in [6.45, 7) is 2.31. The molecule has 0 aliphatic carbocycles. The maximum Gasteiger partial charge on any atom is 1.00 e. The first-order chi connectivity index (χ1) is 8.06. The minimum Gasteiger partial charge on any atom is -0.693 e. The molecule has 7 heteroatoms. The van der Waals surface area contributed by atoms with Gasteiger partial charge in [-0.2, -0.15) is 8.42 Å². The molecule has 0 atom stereocenters. The van der Waals surface area contributed by atoms with E-state index in [1.165, 1.54) is 44.9 Å². The average Bonchev–Trinajstić information content (AvgIpc) is 2.24. The predicted molar refractivity (Wildman–Crippen MR) is 74.6 cm³/mol. The maximum atomic E-state index is 10.2. The molecule has 0 aromatic carbocycles. The summed E-state index contributed by atoms with van der Waals surface area (Å²) in [5, 5.41) is 0. The van der Waals surface area contributed by atoms with Crippen molar-refractivity contribution in [2.75, 3.05) is 6.61 Å². The fraction of sp³-hybridized carbons (Fsp3) is 1.00. The Kier molecular flexibility index (Phi) is 22.1. The zero-order valence-corrected chi connectivity index (χ0v) is 15.3. The van der Waals surface area contributed by atoms with Crippen molar-refractivity contribution < 1.29 is 46.7 Å². The molecule has 3 N–H and O–H groups in total. The summed E-state index contributed by atoms with van der Waals surface area (Å²) in [6.07, 6.45) is 11.9. The fourth-order valence-corrected chi connectivity index (χ4v) is 2.08. The fourth-order valence-electron chi connectivity index (χ4n) is 1.75. The molecule has 0 rings (SSSR count). The molecule has 0 aromatic rings. The molecule has 0 amide bonds. The zero-order chi connectivity index (χ0) is 13.0. The third kappa shape index (κ3) is 24.3. The van der Waals surface area contributed by atoms with Gasteiger partial charge < -0.3 is 6.15 Å². The van der Waals surface area contributed by atoms with Gasteiger partial charge in [0.1, 0.15) is 0 Å². The molecular formula is C12H28NNaO4S. The minimum absolute atomic E-state index is 0. The van der Waals surface area contributed by atoms with Crippen LogP contribution in [0.1, 0.15) is 71.1 Å². The van der Waals surface area contributed by atoms with Gasteiger partial charge in [-0.3, -0.25) is 4.55 Å². The number of hydrogen-bond acceptors (Lipinski definition) is 3. The van der Waals surface area contributed by atoms with Crippen LogP contribution >= 0.6 is 0 Å². The molecule has 0 heterocycles. The Balaban J connectivity index is -0.00000128. The van der Waals surface area contributed by atoms with E-state index >= 15 is 0 Å². The summed E-state index contributed by atoms with van der Waals surface area (Å²) >= 11 is 0. The van der Waals surface area contributed by atoms with Crippen molar-refractivity contribution in [1.82, 2.24) is 0 Å². The van der Waals surface area contributed by atoms with Crippen LogP contribution < -0.4 is 29.6 Å². The summed E-state index contributed by atoms with van der Waals surface area (Å²) in [7, 11) is -4.23. The third-order valence-electron chi connectivity index (χ3n) is 2.73. The van der Waals surface area contributed by atoms with E-state index in [4.69, 9.17) is 4.55 Å². The Morgan fingerprint density at radius 2 is 1.21 bits per heavy atom. The molecular weight excluding hydrogens is 277 g/mol. The van der Waals surface area contributed by atoms with Crippen LogP contribution in [-0.4, -0.2) is 19.6 Å². The molecule has 0 fully saturated rings. The van der Waals surface area contributed by atoms with Crippen LogP contribution in [0, 0.1) is 0 Å². The summed E-state index contributed by atoms with van der Waals surface area (Å²) in [6, 6.07) is 0. The van der Waals surface area contributed by atoms with E-state index in [1.54, 1.807) is 0 Å². The van der Waals surface area contributed by atoms with Crippen molar-refractivity contribution in [3.63, 3.8) is 0 Å². The van der Waals surface area contributed by atoms with Gasteiger partial charge in [0.25, 0.3) is 0 Å². The van der Waals surface area contributed by atoms with E-state index in [0.29, 0.717) is 6.42 Å². The summed E-state index contributed by atoms with van der Waals surface area (Å²) in [5.74, 6) is 0. The largest absolute Gasteiger partial charge is 1.00 e. The van der Waals surface area contributed by atoms with Crippen LogP contribution in [0.4, 0.5) is 0 Å². The molecule has 112 valence electrons. The number of rotatable bonds is 12. The number of unbranched alkanes of at least 4 members (excludes halogenated alkanes) is 9. The van der Waals surface area contributed by atoms with E-state index in [2.05, 4.69) is 11.1 Å². The molecule has 0 spiro atoms. The predicted octanol–water partition coefficient (Wildman–Crippen LogP) is 1.45. The first-order valence-electron chi connectivity index (χ1n) is 6.68.